The van der Waals surface area contributed by atoms with Crippen LogP contribution in [0.4, 0.5) is 0 Å². The largest absolute Gasteiger partial charge is 0.389 e. The van der Waals surface area contributed by atoms with Gasteiger partial charge in [-0.05, 0) is 94.4 Å². The monoisotopic (exact) mass is 475 g/mol. The highest BCUT2D eigenvalue weighted by Gasteiger charge is 2.76. The third kappa shape index (κ3) is 2.16. The van der Waals surface area contributed by atoms with E-state index in [4.69, 9.17) is 4.74 Å². The Hall–Kier alpha value is -1.65. The average molecular weight is 476 g/mol. The molecule has 4 unspecified atom stereocenters. The summed E-state index contributed by atoms with van der Waals surface area (Å²) in [6, 6.07) is 4.21. The van der Waals surface area contributed by atoms with E-state index >= 15 is 0 Å². The molecule has 5 aliphatic rings. The Morgan fingerprint density at radius 1 is 0.971 bits per heavy atom. The van der Waals surface area contributed by atoms with E-state index in [1.807, 2.05) is 0 Å². The second-order valence-corrected chi connectivity index (χ2v) is 14.3. The molecule has 7 rings (SSSR count). The Kier molecular flexibility index (Phi) is 3.91. The van der Waals surface area contributed by atoms with Crippen molar-refractivity contribution in [2.24, 2.45) is 35.0 Å². The Bertz CT molecular complexity index is 1320. The normalized spacial score (nSPS) is 46.4. The van der Waals surface area contributed by atoms with Gasteiger partial charge in [-0.2, -0.15) is 0 Å². The highest BCUT2D eigenvalue weighted by molar-refractivity contribution is 6.06. The molecule has 2 N–H and O–H groups in total. The number of nitrogens with one attached hydrogen (secondary N) is 1. The first kappa shape index (κ1) is 22.5. The highest BCUT2D eigenvalue weighted by atomic mass is 16.5. The number of hydrogen-bond donors (Lipinski definition) is 2. The van der Waals surface area contributed by atoms with Crippen LogP contribution in [-0.4, -0.2) is 32.7 Å². The van der Waals surface area contributed by atoms with Crippen molar-refractivity contribution < 1.29 is 14.6 Å². The topological polar surface area (TPSA) is 62.3 Å². The van der Waals surface area contributed by atoms with E-state index in [-0.39, 0.29) is 34.1 Å². The number of aliphatic hydroxyl groups is 1. The van der Waals surface area contributed by atoms with Crippen molar-refractivity contribution in [3.8, 4) is 0 Å². The number of carbonyl (C=O) groups is 1. The summed E-state index contributed by atoms with van der Waals surface area (Å²) in [5, 5.41) is 13.2. The number of fused-ring (bicyclic) bond motifs is 10. The van der Waals surface area contributed by atoms with Crippen LogP contribution in [0.25, 0.3) is 10.9 Å². The molecular weight excluding hydrogens is 434 g/mol. The molecule has 188 valence electrons. The molecule has 0 amide bonds. The molecule has 0 bridgehead atoms. The van der Waals surface area contributed by atoms with Gasteiger partial charge in [0.2, 0.25) is 0 Å². The predicted molar refractivity (Wildman–Crippen MR) is 138 cm³/mol. The van der Waals surface area contributed by atoms with Crippen molar-refractivity contribution in [1.29, 1.82) is 0 Å². The number of hydrogen-bond acceptors (Lipinski definition) is 3. The second kappa shape index (κ2) is 6.07. The molecule has 3 fully saturated rings. The molecule has 1 aromatic heterocycles. The summed E-state index contributed by atoms with van der Waals surface area (Å²) in [5.41, 5.74) is 4.44. The lowest BCUT2D eigenvalue weighted by Crippen LogP contribution is -2.77. The van der Waals surface area contributed by atoms with Crippen LogP contribution < -0.4 is 0 Å². The summed E-state index contributed by atoms with van der Waals surface area (Å²) >= 11 is 0. The number of ketones is 1. The van der Waals surface area contributed by atoms with E-state index in [0.717, 1.165) is 36.8 Å². The van der Waals surface area contributed by atoms with E-state index in [2.05, 4.69) is 72.5 Å². The molecule has 4 nitrogen and oxygen atoms in total. The zero-order chi connectivity index (χ0) is 25.1. The Morgan fingerprint density at radius 3 is 2.40 bits per heavy atom. The van der Waals surface area contributed by atoms with E-state index in [0.29, 0.717) is 17.8 Å². The van der Waals surface area contributed by atoms with Gasteiger partial charge in [-0.15, -0.1) is 0 Å². The summed E-state index contributed by atoms with van der Waals surface area (Å²) in [6.07, 6.45) is 3.90. The van der Waals surface area contributed by atoms with Crippen LogP contribution in [0.2, 0.25) is 0 Å². The number of Topliss-reactive ketones (excluding diaryl/α,β-unsaturated/α-hetero) is 1. The van der Waals surface area contributed by atoms with Crippen LogP contribution in [0.5, 0.6) is 0 Å². The predicted octanol–water partition coefficient (Wildman–Crippen LogP) is 5.97. The van der Waals surface area contributed by atoms with Crippen molar-refractivity contribution in [1.82, 2.24) is 4.98 Å². The molecule has 1 saturated heterocycles. The quantitative estimate of drug-likeness (QED) is 0.493. The number of H-pyrrole nitrogens is 1. The van der Waals surface area contributed by atoms with E-state index in [1.54, 1.807) is 0 Å². The number of aromatic nitrogens is 1. The van der Waals surface area contributed by atoms with Crippen LogP contribution in [0.15, 0.2) is 12.1 Å². The molecule has 4 aliphatic carbocycles. The molecule has 35 heavy (non-hydrogen) atoms. The molecule has 1 aromatic carbocycles. The third-order valence-electron chi connectivity index (χ3n) is 12.8. The van der Waals surface area contributed by atoms with Crippen LogP contribution >= 0.6 is 0 Å². The van der Waals surface area contributed by atoms with Gasteiger partial charge in [0, 0.05) is 38.9 Å². The highest BCUT2D eigenvalue weighted by Crippen LogP contribution is 2.75. The molecule has 2 heterocycles. The fraction of sp³-hybridized carbons (Fsp3) is 0.710. The molecule has 1 aliphatic heterocycles. The number of carbonyl (C=O) groups excluding carboxylic acids is 1. The lowest BCUT2D eigenvalue weighted by Gasteiger charge is -2.73. The fourth-order valence-corrected chi connectivity index (χ4v) is 10.7. The summed E-state index contributed by atoms with van der Waals surface area (Å²) < 4.78 is 6.49. The molecular formula is C31H41NO3. The average Bonchev–Trinajstić information content (AvgIpc) is 3.35. The van der Waals surface area contributed by atoms with Crippen LogP contribution in [0.1, 0.15) is 95.4 Å². The van der Waals surface area contributed by atoms with Crippen molar-refractivity contribution in [2.75, 3.05) is 0 Å². The van der Waals surface area contributed by atoms with Gasteiger partial charge in [-0.1, -0.05) is 27.7 Å². The lowest BCUT2D eigenvalue weighted by molar-refractivity contribution is -0.303. The van der Waals surface area contributed by atoms with Gasteiger partial charge in [0.1, 0.15) is 0 Å². The SMILES string of the molecule is CC1C(C)[C@]2(O)CC[C@H]3Cc4c([nH]c5ccc6c(c45)CC4C(C6=O)C(C)(C)OC4(C)C)[C@]3(C)[C@@]12C. The summed E-state index contributed by atoms with van der Waals surface area (Å²) in [7, 11) is 0. The number of aromatic amines is 1. The van der Waals surface area contributed by atoms with Gasteiger partial charge in [-0.25, -0.2) is 0 Å². The lowest BCUT2D eigenvalue weighted by atomic mass is 9.32. The molecule has 0 spiro atoms. The first-order valence-electron chi connectivity index (χ1n) is 13.8. The second-order valence-electron chi connectivity index (χ2n) is 14.3. The number of ether oxygens (including phenoxy) is 1. The van der Waals surface area contributed by atoms with Gasteiger partial charge in [-0.3, -0.25) is 4.79 Å². The third-order valence-corrected chi connectivity index (χ3v) is 12.8. The standard InChI is InChI=1S/C31H41NO3/c1-15-16(2)31(34)12-11-17-13-20-23-19-14-21-24(28(5,6)35-27(21,3)4)25(33)18(19)9-10-22(23)32-26(20)29(17,7)30(15,31)8/h9-10,15-17,21,24,32,34H,11-14H2,1-8H3/t15?,16?,17-,21?,24?,29+,30+,31+/m0/s1. The zero-order valence-electron chi connectivity index (χ0n) is 22.6. The minimum Gasteiger partial charge on any atom is -0.389 e. The number of rotatable bonds is 0. The summed E-state index contributed by atoms with van der Waals surface area (Å²) in [4.78, 5) is 17.8. The Balaban J connectivity index is 1.44. The first-order chi connectivity index (χ1) is 16.2. The van der Waals surface area contributed by atoms with Gasteiger partial charge >= 0.3 is 0 Å². The maximum Gasteiger partial charge on any atom is 0.169 e. The van der Waals surface area contributed by atoms with Gasteiger partial charge in [0.05, 0.1) is 22.7 Å². The van der Waals surface area contributed by atoms with E-state index < -0.39 is 11.2 Å². The zero-order valence-corrected chi connectivity index (χ0v) is 22.6. The summed E-state index contributed by atoms with van der Waals surface area (Å²) in [5.74, 6) is 1.67. The van der Waals surface area contributed by atoms with Crippen LogP contribution in [0, 0.1) is 35.0 Å². The van der Waals surface area contributed by atoms with Crippen LogP contribution in [0.3, 0.4) is 0 Å². The van der Waals surface area contributed by atoms with Crippen LogP contribution in [-0.2, 0) is 23.0 Å². The molecule has 2 aromatic rings. The minimum atomic E-state index is -0.601. The fourth-order valence-electron chi connectivity index (χ4n) is 10.7. The molecule has 2 saturated carbocycles. The van der Waals surface area contributed by atoms with Gasteiger partial charge in [0.15, 0.2) is 5.78 Å². The smallest absolute Gasteiger partial charge is 0.169 e. The first-order valence-corrected chi connectivity index (χ1v) is 13.8. The van der Waals surface area contributed by atoms with Crippen molar-refractivity contribution in [3.05, 3.63) is 34.5 Å². The number of benzene rings is 1. The van der Waals surface area contributed by atoms with Gasteiger partial charge < -0.3 is 14.8 Å². The van der Waals surface area contributed by atoms with Crippen molar-refractivity contribution in [2.45, 2.75) is 103 Å². The minimum absolute atomic E-state index is 0.0912. The van der Waals surface area contributed by atoms with E-state index in [1.165, 1.54) is 22.2 Å². The van der Waals surface area contributed by atoms with E-state index in [9.17, 15) is 9.90 Å². The maximum absolute atomic E-state index is 13.9. The van der Waals surface area contributed by atoms with Gasteiger partial charge in [0.25, 0.3) is 0 Å². The van der Waals surface area contributed by atoms with Crippen molar-refractivity contribution >= 4 is 16.7 Å². The van der Waals surface area contributed by atoms with Crippen molar-refractivity contribution in [3.63, 3.8) is 0 Å². The molecule has 4 heteroatoms. The molecule has 8 atom stereocenters. The maximum atomic E-state index is 13.9. The Labute approximate surface area is 209 Å². The summed E-state index contributed by atoms with van der Waals surface area (Å²) in [6.45, 7) is 17.9. The Morgan fingerprint density at radius 2 is 1.69 bits per heavy atom. The molecule has 0 radical (unpaired) electrons.